The Morgan fingerprint density at radius 3 is 2.80 bits per heavy atom. The number of rotatable bonds is 9. The molecule has 0 N–H and O–H groups in total. The summed E-state index contributed by atoms with van der Waals surface area (Å²) in [5.41, 5.74) is 1.56. The van der Waals surface area contributed by atoms with Crippen molar-refractivity contribution in [3.63, 3.8) is 0 Å². The van der Waals surface area contributed by atoms with Crippen LogP contribution >= 0.6 is 0 Å². The molecular weight excluding hydrogens is 378 g/mol. The molecule has 2 aliphatic heterocycles. The lowest BCUT2D eigenvalue weighted by atomic mass is 9.69. The molecule has 4 atom stereocenters. The predicted molar refractivity (Wildman–Crippen MR) is 116 cm³/mol. The van der Waals surface area contributed by atoms with Gasteiger partial charge in [-0.1, -0.05) is 42.5 Å². The van der Waals surface area contributed by atoms with E-state index in [4.69, 9.17) is 14.2 Å². The van der Waals surface area contributed by atoms with Gasteiger partial charge in [-0.05, 0) is 37.2 Å². The van der Waals surface area contributed by atoms with Crippen LogP contribution in [0, 0.1) is 11.8 Å². The van der Waals surface area contributed by atoms with E-state index in [1.165, 1.54) is 12.7 Å². The first-order chi connectivity index (χ1) is 14.7. The number of carbonyl (C=O) groups excluding carboxylic acids is 1. The summed E-state index contributed by atoms with van der Waals surface area (Å²) in [6.45, 7) is 5.67. The van der Waals surface area contributed by atoms with Gasteiger partial charge in [0.1, 0.15) is 0 Å². The Labute approximate surface area is 180 Å². The fourth-order valence-corrected chi connectivity index (χ4v) is 5.67. The Morgan fingerprint density at radius 2 is 2.03 bits per heavy atom. The van der Waals surface area contributed by atoms with Gasteiger partial charge in [0.05, 0.1) is 33.0 Å². The van der Waals surface area contributed by atoms with Crippen LogP contribution in [0.25, 0.3) is 0 Å². The number of nitrogens with zero attached hydrogens (tertiary/aromatic N) is 1. The number of benzene rings is 1. The van der Waals surface area contributed by atoms with Crippen molar-refractivity contribution in [1.29, 1.82) is 0 Å². The van der Waals surface area contributed by atoms with Gasteiger partial charge in [-0.15, -0.1) is 0 Å². The Morgan fingerprint density at radius 1 is 1.23 bits per heavy atom. The van der Waals surface area contributed by atoms with E-state index >= 15 is 0 Å². The normalized spacial score (nSPS) is 31.4. The molecule has 1 saturated carbocycles. The Balaban J connectivity index is 1.45. The highest BCUT2D eigenvalue weighted by atomic mass is 16.5. The molecule has 2 saturated heterocycles. The van der Waals surface area contributed by atoms with Crippen LogP contribution in [-0.4, -0.2) is 63.5 Å². The van der Waals surface area contributed by atoms with Crippen LogP contribution in [-0.2, 0) is 24.4 Å². The zero-order valence-corrected chi connectivity index (χ0v) is 18.1. The molecule has 0 aromatic heterocycles. The molecule has 2 heterocycles. The van der Waals surface area contributed by atoms with Gasteiger partial charge in [-0.3, -0.25) is 9.69 Å². The van der Waals surface area contributed by atoms with Gasteiger partial charge in [-0.25, -0.2) is 0 Å². The first kappa shape index (κ1) is 21.5. The summed E-state index contributed by atoms with van der Waals surface area (Å²) < 4.78 is 16.6. The maximum Gasteiger partial charge on any atom is 0.305 e. The lowest BCUT2D eigenvalue weighted by Crippen LogP contribution is -2.46. The van der Waals surface area contributed by atoms with Gasteiger partial charge in [0, 0.05) is 37.4 Å². The van der Waals surface area contributed by atoms with Crippen LogP contribution in [0.5, 0.6) is 0 Å². The van der Waals surface area contributed by atoms with Crippen molar-refractivity contribution < 1.29 is 19.0 Å². The van der Waals surface area contributed by atoms with Gasteiger partial charge in [0.2, 0.25) is 0 Å². The maximum absolute atomic E-state index is 11.3. The van der Waals surface area contributed by atoms with Gasteiger partial charge in [0.15, 0.2) is 0 Å². The molecule has 3 aliphatic rings. The van der Waals surface area contributed by atoms with Crippen LogP contribution in [0.4, 0.5) is 0 Å². The number of hydrogen-bond donors (Lipinski definition) is 0. The molecule has 1 aromatic carbocycles. The van der Waals surface area contributed by atoms with E-state index in [-0.39, 0.29) is 11.4 Å². The number of ether oxygens (including phenoxy) is 3. The van der Waals surface area contributed by atoms with E-state index in [0.29, 0.717) is 24.4 Å². The summed E-state index contributed by atoms with van der Waals surface area (Å²) in [5.74, 6) is 1.01. The standard InChI is InChI=1S/C25H35NO4/c1-28-24(27)12-8-3-2-7-11-22-21(18-26-13-15-29-16-14-26)23-17-25(22,19-30-23)20-9-5-4-6-10-20/h2,4-7,9-10,21-23H,3,8,11-19H2,1H3/b7-2-. The van der Waals surface area contributed by atoms with Crippen molar-refractivity contribution in [2.45, 2.75) is 43.6 Å². The molecule has 0 spiro atoms. The van der Waals surface area contributed by atoms with E-state index in [9.17, 15) is 4.79 Å². The Bertz CT molecular complexity index is 715. The molecular formula is C25H35NO4. The zero-order chi connectivity index (χ0) is 20.8. The summed E-state index contributed by atoms with van der Waals surface area (Å²) in [6, 6.07) is 11.0. The number of carbonyl (C=O) groups is 1. The Kier molecular flexibility index (Phi) is 7.24. The number of hydrogen-bond acceptors (Lipinski definition) is 5. The third kappa shape index (κ3) is 4.63. The first-order valence-corrected chi connectivity index (χ1v) is 11.4. The van der Waals surface area contributed by atoms with E-state index in [0.717, 1.165) is 65.1 Å². The minimum Gasteiger partial charge on any atom is -0.469 e. The van der Waals surface area contributed by atoms with Crippen molar-refractivity contribution in [2.75, 3.05) is 46.6 Å². The van der Waals surface area contributed by atoms with Crippen LogP contribution in [0.15, 0.2) is 42.5 Å². The largest absolute Gasteiger partial charge is 0.469 e. The van der Waals surface area contributed by atoms with Crippen LogP contribution in [0.1, 0.15) is 37.7 Å². The van der Waals surface area contributed by atoms with E-state index in [2.05, 4.69) is 47.4 Å². The smallest absolute Gasteiger partial charge is 0.305 e. The van der Waals surface area contributed by atoms with Crippen molar-refractivity contribution in [2.24, 2.45) is 11.8 Å². The summed E-state index contributed by atoms with van der Waals surface area (Å²) in [6.07, 6.45) is 9.42. The lowest BCUT2D eigenvalue weighted by molar-refractivity contribution is -0.140. The van der Waals surface area contributed by atoms with Gasteiger partial charge < -0.3 is 14.2 Å². The molecule has 2 bridgehead atoms. The quantitative estimate of drug-likeness (QED) is 0.352. The summed E-state index contributed by atoms with van der Waals surface area (Å²) in [5, 5.41) is 0. The highest BCUT2D eigenvalue weighted by molar-refractivity contribution is 5.69. The van der Waals surface area contributed by atoms with E-state index in [1.54, 1.807) is 0 Å². The fourth-order valence-electron chi connectivity index (χ4n) is 5.67. The molecule has 4 rings (SSSR count). The predicted octanol–water partition coefficient (Wildman–Crippen LogP) is 3.58. The van der Waals surface area contributed by atoms with Gasteiger partial charge in [0.25, 0.3) is 0 Å². The third-order valence-corrected chi connectivity index (χ3v) is 7.28. The molecule has 4 unspecified atom stereocenters. The number of esters is 1. The second-order valence-corrected chi connectivity index (χ2v) is 8.93. The number of allylic oxidation sites excluding steroid dienone is 2. The zero-order valence-electron chi connectivity index (χ0n) is 18.1. The van der Waals surface area contributed by atoms with Crippen LogP contribution < -0.4 is 0 Å². The molecule has 5 nitrogen and oxygen atoms in total. The second-order valence-electron chi connectivity index (χ2n) is 8.93. The van der Waals surface area contributed by atoms with Gasteiger partial charge in [-0.2, -0.15) is 0 Å². The second kappa shape index (κ2) is 10.1. The number of fused-ring (bicyclic) bond motifs is 2. The van der Waals surface area contributed by atoms with Crippen molar-refractivity contribution >= 4 is 5.97 Å². The maximum atomic E-state index is 11.3. The monoisotopic (exact) mass is 413 g/mol. The fraction of sp³-hybridized carbons (Fsp3) is 0.640. The van der Waals surface area contributed by atoms with Crippen molar-refractivity contribution in [1.82, 2.24) is 4.90 Å². The first-order valence-electron chi connectivity index (χ1n) is 11.4. The molecule has 1 aromatic rings. The molecule has 5 heteroatoms. The van der Waals surface area contributed by atoms with E-state index < -0.39 is 0 Å². The average molecular weight is 414 g/mol. The highest BCUT2D eigenvalue weighted by Crippen LogP contribution is 2.56. The molecule has 164 valence electrons. The van der Waals surface area contributed by atoms with Crippen molar-refractivity contribution in [3.05, 3.63) is 48.0 Å². The Hall–Kier alpha value is -1.69. The highest BCUT2D eigenvalue weighted by Gasteiger charge is 2.59. The minimum atomic E-state index is -0.123. The molecule has 1 aliphatic carbocycles. The number of methoxy groups -OCH3 is 1. The van der Waals surface area contributed by atoms with E-state index in [1.807, 2.05) is 0 Å². The summed E-state index contributed by atoms with van der Waals surface area (Å²) >= 11 is 0. The minimum absolute atomic E-state index is 0.123. The summed E-state index contributed by atoms with van der Waals surface area (Å²) in [4.78, 5) is 13.9. The SMILES string of the molecule is COC(=O)CCC/C=C\CC1C(CN2CCOCC2)C2CC1(c1ccccc1)CO2. The molecule has 3 fully saturated rings. The summed E-state index contributed by atoms with van der Waals surface area (Å²) in [7, 11) is 1.45. The average Bonchev–Trinajstić information content (AvgIpc) is 3.36. The van der Waals surface area contributed by atoms with Gasteiger partial charge >= 0.3 is 5.97 Å². The van der Waals surface area contributed by atoms with Crippen molar-refractivity contribution in [3.8, 4) is 0 Å². The topological polar surface area (TPSA) is 48.0 Å². The number of morpholine rings is 1. The third-order valence-electron chi connectivity index (χ3n) is 7.28. The number of unbranched alkanes of at least 4 members (excludes halogenated alkanes) is 1. The lowest BCUT2D eigenvalue weighted by Gasteiger charge is -2.41. The van der Waals surface area contributed by atoms with Crippen LogP contribution in [0.2, 0.25) is 0 Å². The molecule has 0 amide bonds. The van der Waals surface area contributed by atoms with Crippen LogP contribution in [0.3, 0.4) is 0 Å². The molecule has 30 heavy (non-hydrogen) atoms. The molecule has 0 radical (unpaired) electrons.